The number of rotatable bonds is 12. The third-order valence-corrected chi connectivity index (χ3v) is 8.45. The third-order valence-electron chi connectivity index (χ3n) is 8.45. The van der Waals surface area contributed by atoms with Crippen LogP contribution in [-0.4, -0.2) is 55.0 Å². The van der Waals surface area contributed by atoms with Gasteiger partial charge in [0.1, 0.15) is 37.1 Å². The van der Waals surface area contributed by atoms with Gasteiger partial charge in [-0.2, -0.15) is 0 Å². The van der Waals surface area contributed by atoms with Crippen molar-refractivity contribution in [3.05, 3.63) is 86.5 Å². The molecule has 0 unspecified atom stereocenters. The second-order valence-electron chi connectivity index (χ2n) is 15.5. The minimum absolute atomic E-state index is 0.114. The molecule has 3 aromatic rings. The molecule has 0 saturated carbocycles. The Morgan fingerprint density at radius 3 is 0.891 bits per heavy atom. The lowest BCUT2D eigenvalue weighted by Gasteiger charge is -2.32. The molecule has 0 amide bonds. The smallest absolute Gasteiger partial charge is 0.126 e. The van der Waals surface area contributed by atoms with Crippen LogP contribution in [0.15, 0.2) is 36.4 Å². The molecule has 0 bridgehead atoms. The van der Waals surface area contributed by atoms with Gasteiger partial charge < -0.3 is 29.5 Å². The fourth-order valence-electron chi connectivity index (χ4n) is 5.88. The van der Waals surface area contributed by atoms with Crippen molar-refractivity contribution in [2.75, 3.05) is 39.6 Å². The van der Waals surface area contributed by atoms with Crippen LogP contribution in [0, 0.1) is 20.8 Å². The van der Waals surface area contributed by atoms with Crippen molar-refractivity contribution in [2.24, 2.45) is 0 Å². The lowest BCUT2D eigenvalue weighted by Crippen LogP contribution is -2.20. The number of hydrogen-bond donors (Lipinski definition) is 3. The summed E-state index contributed by atoms with van der Waals surface area (Å²) >= 11 is 0. The fourth-order valence-corrected chi connectivity index (χ4v) is 5.88. The van der Waals surface area contributed by atoms with Crippen LogP contribution in [0.3, 0.4) is 0 Å². The highest BCUT2D eigenvalue weighted by molar-refractivity contribution is 5.63. The van der Waals surface area contributed by atoms with Crippen LogP contribution in [0.1, 0.15) is 118 Å². The van der Waals surface area contributed by atoms with Crippen molar-refractivity contribution in [1.29, 1.82) is 0 Å². The van der Waals surface area contributed by atoms with Crippen LogP contribution in [0.25, 0.3) is 0 Å². The molecule has 46 heavy (non-hydrogen) atoms. The van der Waals surface area contributed by atoms with Gasteiger partial charge in [-0.05, 0) is 70.4 Å². The van der Waals surface area contributed by atoms with Crippen LogP contribution in [0.4, 0.5) is 0 Å². The van der Waals surface area contributed by atoms with Gasteiger partial charge >= 0.3 is 0 Å². The second kappa shape index (κ2) is 14.8. The number of hydrogen-bond acceptors (Lipinski definition) is 6. The molecule has 0 aliphatic carbocycles. The molecule has 0 spiro atoms. The summed E-state index contributed by atoms with van der Waals surface area (Å²) in [5.41, 5.74) is 8.76. The molecule has 254 valence electrons. The van der Waals surface area contributed by atoms with Crippen molar-refractivity contribution in [3.8, 4) is 17.2 Å². The Kier molecular flexibility index (Phi) is 12.0. The average Bonchev–Trinajstić information content (AvgIpc) is 2.94. The highest BCUT2D eigenvalue weighted by Crippen LogP contribution is 2.50. The summed E-state index contributed by atoms with van der Waals surface area (Å²) in [7, 11) is 0. The summed E-state index contributed by atoms with van der Waals surface area (Å²) in [6, 6.07) is 13.2. The molecule has 0 aromatic heterocycles. The van der Waals surface area contributed by atoms with E-state index >= 15 is 0 Å². The van der Waals surface area contributed by atoms with Gasteiger partial charge in [0, 0.05) is 22.6 Å². The van der Waals surface area contributed by atoms with E-state index in [0.717, 1.165) is 50.1 Å². The lowest BCUT2D eigenvalue weighted by atomic mass is 9.74. The predicted molar refractivity (Wildman–Crippen MR) is 188 cm³/mol. The minimum Gasteiger partial charge on any atom is -0.491 e. The highest BCUT2D eigenvalue weighted by Gasteiger charge is 2.33. The summed E-state index contributed by atoms with van der Waals surface area (Å²) in [6.07, 6.45) is 0. The molecule has 0 saturated heterocycles. The van der Waals surface area contributed by atoms with Crippen LogP contribution in [0.5, 0.6) is 17.2 Å². The van der Waals surface area contributed by atoms with Gasteiger partial charge in [-0.15, -0.1) is 0 Å². The minimum atomic E-state index is -0.418. The summed E-state index contributed by atoms with van der Waals surface area (Å²) in [5.74, 6) is 1.72. The van der Waals surface area contributed by atoms with Gasteiger partial charge in [-0.25, -0.2) is 0 Å². The van der Waals surface area contributed by atoms with Crippen molar-refractivity contribution >= 4 is 0 Å². The first-order valence-corrected chi connectivity index (χ1v) is 16.5. The molecule has 0 heterocycles. The number of aryl methyl sites for hydroxylation is 3. The van der Waals surface area contributed by atoms with Crippen LogP contribution in [-0.2, 0) is 16.2 Å². The van der Waals surface area contributed by atoms with Gasteiger partial charge in [0.2, 0.25) is 0 Å². The zero-order chi connectivity index (χ0) is 34.6. The first-order valence-electron chi connectivity index (χ1n) is 16.5. The zero-order valence-corrected chi connectivity index (χ0v) is 30.4. The SMILES string of the molecule is Cc1cc(C(C)(C)C)cc(C(c2cc(C(C)(C)C)cc(C)c2OCCO)c2cc(C(C)(C)C)cc(C)c2OCCO)c1OCCO. The second-order valence-corrected chi connectivity index (χ2v) is 15.5. The zero-order valence-electron chi connectivity index (χ0n) is 30.4. The topological polar surface area (TPSA) is 88.4 Å². The van der Waals surface area contributed by atoms with E-state index < -0.39 is 5.92 Å². The molecule has 0 radical (unpaired) electrons. The molecule has 3 aromatic carbocycles. The molecule has 3 N–H and O–H groups in total. The molecule has 0 atom stereocenters. The van der Waals surface area contributed by atoms with Gasteiger partial charge in [-0.1, -0.05) is 98.7 Å². The Balaban J connectivity index is 2.68. The normalized spacial score (nSPS) is 12.5. The molecule has 6 nitrogen and oxygen atoms in total. The van der Waals surface area contributed by atoms with Gasteiger partial charge in [0.05, 0.1) is 19.8 Å². The number of aliphatic hydroxyl groups is 3. The number of benzene rings is 3. The van der Waals surface area contributed by atoms with Crippen LogP contribution in [0.2, 0.25) is 0 Å². The van der Waals surface area contributed by atoms with Crippen molar-refractivity contribution in [3.63, 3.8) is 0 Å². The standard InChI is InChI=1S/C40H58O6/c1-25-19-28(38(4,5)6)22-31(35(25)44-16-13-41)34(32-23-29(39(7,8)9)20-26(2)36(32)45-17-14-42)33-24-30(40(10,11)12)21-27(3)37(33)46-18-15-43/h19-24,34,41-43H,13-18H2,1-12H3. The monoisotopic (exact) mass is 634 g/mol. The molecule has 0 fully saturated rings. The molecule has 0 aliphatic rings. The van der Waals surface area contributed by atoms with Crippen LogP contribution < -0.4 is 14.2 Å². The van der Waals surface area contributed by atoms with E-state index in [0.29, 0.717) is 17.2 Å². The molecule has 3 rings (SSSR count). The van der Waals surface area contributed by atoms with E-state index in [2.05, 4.69) is 119 Å². The Hall–Kier alpha value is -3.06. The van der Waals surface area contributed by atoms with E-state index in [1.807, 2.05) is 0 Å². The van der Waals surface area contributed by atoms with E-state index in [1.54, 1.807) is 0 Å². The summed E-state index contributed by atoms with van der Waals surface area (Å²) in [6.45, 7) is 26.1. The quantitative estimate of drug-likeness (QED) is 0.176. The Morgan fingerprint density at radius 1 is 0.457 bits per heavy atom. The predicted octanol–water partition coefficient (Wildman–Crippen LogP) is 7.80. The first kappa shape index (κ1) is 37.4. The van der Waals surface area contributed by atoms with E-state index in [9.17, 15) is 15.3 Å². The first-order chi connectivity index (χ1) is 21.3. The maximum atomic E-state index is 9.86. The van der Waals surface area contributed by atoms with E-state index in [1.165, 1.54) is 0 Å². The molecular weight excluding hydrogens is 576 g/mol. The number of aliphatic hydroxyl groups excluding tert-OH is 3. The Morgan fingerprint density at radius 2 is 0.696 bits per heavy atom. The lowest BCUT2D eigenvalue weighted by molar-refractivity contribution is 0.196. The largest absolute Gasteiger partial charge is 0.491 e. The third kappa shape index (κ3) is 8.64. The van der Waals surface area contributed by atoms with Crippen molar-refractivity contribution in [1.82, 2.24) is 0 Å². The highest BCUT2D eigenvalue weighted by atomic mass is 16.5. The van der Waals surface area contributed by atoms with Crippen molar-refractivity contribution < 1.29 is 29.5 Å². The fraction of sp³-hybridized carbons (Fsp3) is 0.550. The van der Waals surface area contributed by atoms with Gasteiger partial charge in [0.15, 0.2) is 0 Å². The van der Waals surface area contributed by atoms with Gasteiger partial charge in [0.25, 0.3) is 0 Å². The van der Waals surface area contributed by atoms with Crippen LogP contribution >= 0.6 is 0 Å². The Bertz CT molecular complexity index is 1300. The van der Waals surface area contributed by atoms with Crippen molar-refractivity contribution in [2.45, 2.75) is 105 Å². The molecule has 0 aliphatic heterocycles. The maximum Gasteiger partial charge on any atom is 0.126 e. The summed E-state index contributed by atoms with van der Waals surface area (Å²) in [4.78, 5) is 0. The van der Waals surface area contributed by atoms with E-state index in [-0.39, 0.29) is 55.9 Å². The summed E-state index contributed by atoms with van der Waals surface area (Å²) in [5, 5.41) is 29.6. The maximum absolute atomic E-state index is 9.86. The molecular formula is C40H58O6. The Labute approximate surface area is 277 Å². The van der Waals surface area contributed by atoms with Gasteiger partial charge in [-0.3, -0.25) is 0 Å². The van der Waals surface area contributed by atoms with E-state index in [4.69, 9.17) is 14.2 Å². The summed E-state index contributed by atoms with van der Waals surface area (Å²) < 4.78 is 19.2. The average molecular weight is 635 g/mol. The molecule has 6 heteroatoms. The number of ether oxygens (including phenoxy) is 3.